The van der Waals surface area contributed by atoms with Crippen LogP contribution < -0.4 is 5.69 Å². The van der Waals surface area contributed by atoms with Crippen LogP contribution in [0.25, 0.3) is 0 Å². The van der Waals surface area contributed by atoms with Crippen molar-refractivity contribution in [1.29, 1.82) is 0 Å². The maximum atomic E-state index is 10.8. The lowest BCUT2D eigenvalue weighted by Crippen LogP contribution is -2.17. The molecule has 0 bridgehead atoms. The lowest BCUT2D eigenvalue weighted by atomic mass is 10.4. The number of hydrogen-bond donors (Lipinski definition) is 1. The van der Waals surface area contributed by atoms with Crippen molar-refractivity contribution >= 4 is 0 Å². The van der Waals surface area contributed by atoms with Gasteiger partial charge in [0.05, 0.1) is 0 Å². The largest absolute Gasteiger partial charge is 0.325 e. The zero-order valence-corrected chi connectivity index (χ0v) is 5.59. The fourth-order valence-corrected chi connectivity index (χ4v) is 0.738. The normalized spacial score (nSPS) is 10.6. The molecule has 0 aliphatic rings. The van der Waals surface area contributed by atoms with Gasteiger partial charge >= 0.3 is 5.69 Å². The molecule has 0 saturated carbocycles. The van der Waals surface area contributed by atoms with Crippen molar-refractivity contribution in [3.63, 3.8) is 0 Å². The van der Waals surface area contributed by atoms with Gasteiger partial charge in [0.1, 0.15) is 0 Å². The molecule has 1 N–H and O–H groups in total. The van der Waals surface area contributed by atoms with Crippen molar-refractivity contribution < 1.29 is 1.43 Å². The van der Waals surface area contributed by atoms with Gasteiger partial charge in [0, 0.05) is 19.9 Å². The van der Waals surface area contributed by atoms with E-state index < -0.39 is 0 Å². The van der Waals surface area contributed by atoms with Gasteiger partial charge in [-0.1, -0.05) is 0 Å². The molecule has 0 aromatic carbocycles. The van der Waals surface area contributed by atoms with Gasteiger partial charge in [-0.3, -0.25) is 4.57 Å². The van der Waals surface area contributed by atoms with Crippen LogP contribution in [-0.2, 0) is 0 Å². The van der Waals surface area contributed by atoms with Crippen LogP contribution in [-0.4, -0.2) is 9.55 Å². The van der Waals surface area contributed by atoms with E-state index in [1.807, 2.05) is 13.8 Å². The van der Waals surface area contributed by atoms with E-state index >= 15 is 0 Å². The van der Waals surface area contributed by atoms with E-state index in [0.717, 1.165) is 0 Å². The summed E-state index contributed by atoms with van der Waals surface area (Å²) in [5, 5.41) is 0. The lowest BCUT2D eigenvalue weighted by Gasteiger charge is -2.01. The molecule has 0 spiro atoms. The van der Waals surface area contributed by atoms with Crippen LogP contribution in [0.5, 0.6) is 0 Å². The molecule has 1 aromatic rings. The Balaban J connectivity index is 0.000000810. The van der Waals surface area contributed by atoms with Crippen LogP contribution in [0, 0.1) is 0 Å². The summed E-state index contributed by atoms with van der Waals surface area (Å²) in [4.78, 5) is 13.3. The highest BCUT2D eigenvalue weighted by atomic mass is 16.1. The zero-order chi connectivity index (χ0) is 6.85. The molecule has 0 aliphatic carbocycles. The van der Waals surface area contributed by atoms with E-state index in [2.05, 4.69) is 4.98 Å². The van der Waals surface area contributed by atoms with E-state index in [9.17, 15) is 4.79 Å². The molecule has 9 heavy (non-hydrogen) atoms. The summed E-state index contributed by atoms with van der Waals surface area (Å²) in [5.74, 6) is 0. The van der Waals surface area contributed by atoms with Gasteiger partial charge in [-0.15, -0.1) is 0 Å². The van der Waals surface area contributed by atoms with Crippen molar-refractivity contribution in [3.8, 4) is 0 Å². The molecule has 3 nitrogen and oxygen atoms in total. The monoisotopic (exact) mass is 128 g/mol. The van der Waals surface area contributed by atoms with Crippen molar-refractivity contribution in [2.24, 2.45) is 0 Å². The van der Waals surface area contributed by atoms with Crippen molar-refractivity contribution in [3.05, 3.63) is 22.9 Å². The lowest BCUT2D eigenvalue weighted by molar-refractivity contribution is 0.580. The fraction of sp³-hybridized carbons (Fsp3) is 0.500. The van der Waals surface area contributed by atoms with Crippen LogP contribution in [0.3, 0.4) is 0 Å². The molecule has 1 aromatic heterocycles. The number of imidazole rings is 1. The van der Waals surface area contributed by atoms with Crippen LogP contribution in [0.1, 0.15) is 21.3 Å². The third kappa shape index (κ3) is 1.04. The highest BCUT2D eigenvalue weighted by molar-refractivity contribution is 4.77. The smallest absolute Gasteiger partial charge is 0.313 e. The van der Waals surface area contributed by atoms with E-state index in [1.54, 1.807) is 17.0 Å². The second kappa shape index (κ2) is 2.09. The molecular formula is C6H12N2O. The van der Waals surface area contributed by atoms with Crippen molar-refractivity contribution in [2.75, 3.05) is 0 Å². The number of aromatic amines is 1. The van der Waals surface area contributed by atoms with Crippen LogP contribution in [0.2, 0.25) is 0 Å². The first-order valence-electron chi connectivity index (χ1n) is 2.97. The molecule has 1 rings (SSSR count). The summed E-state index contributed by atoms with van der Waals surface area (Å²) in [5.41, 5.74) is -0.0370. The molecule has 0 saturated heterocycles. The minimum absolute atomic E-state index is 0. The van der Waals surface area contributed by atoms with Crippen molar-refractivity contribution in [1.82, 2.24) is 9.55 Å². The number of nitrogens with one attached hydrogen (secondary N) is 1. The predicted molar refractivity (Wildman–Crippen MR) is 37.6 cm³/mol. The second-order valence-electron chi connectivity index (χ2n) is 2.27. The number of H-pyrrole nitrogens is 1. The van der Waals surface area contributed by atoms with Crippen molar-refractivity contribution in [2.45, 2.75) is 19.9 Å². The summed E-state index contributed by atoms with van der Waals surface area (Å²) >= 11 is 0. The highest BCUT2D eigenvalue weighted by Crippen LogP contribution is 1.95. The zero-order valence-electron chi connectivity index (χ0n) is 5.59. The van der Waals surface area contributed by atoms with E-state index in [-0.39, 0.29) is 13.2 Å². The Labute approximate surface area is 54.8 Å². The van der Waals surface area contributed by atoms with E-state index in [0.29, 0.717) is 0 Å². The Morgan fingerprint density at radius 2 is 2.44 bits per heavy atom. The predicted octanol–water partition coefficient (Wildman–Crippen LogP) is 1.00. The molecule has 0 radical (unpaired) electrons. The highest BCUT2D eigenvalue weighted by Gasteiger charge is 1.97. The first-order valence-corrected chi connectivity index (χ1v) is 2.97. The number of rotatable bonds is 1. The summed E-state index contributed by atoms with van der Waals surface area (Å²) in [6.45, 7) is 3.94. The first-order chi connectivity index (χ1) is 4.22. The van der Waals surface area contributed by atoms with Gasteiger partial charge in [-0.05, 0) is 13.8 Å². The third-order valence-electron chi connectivity index (χ3n) is 1.23. The summed E-state index contributed by atoms with van der Waals surface area (Å²) < 4.78 is 1.64. The van der Waals surface area contributed by atoms with E-state index in [1.165, 1.54) is 0 Å². The number of aromatic nitrogens is 2. The second-order valence-corrected chi connectivity index (χ2v) is 2.27. The SMILES string of the molecule is CC(C)n1cc[nH]c1=O.[HH]. The van der Waals surface area contributed by atoms with Gasteiger partial charge in [0.2, 0.25) is 0 Å². The summed E-state index contributed by atoms with van der Waals surface area (Å²) in [7, 11) is 0. The average Bonchev–Trinajstić information content (AvgIpc) is 2.13. The molecule has 3 heteroatoms. The minimum atomic E-state index is -0.0370. The quantitative estimate of drug-likeness (QED) is 0.602. The topological polar surface area (TPSA) is 37.8 Å². The first kappa shape index (κ1) is 6.13. The Bertz CT molecular complexity index is 238. The maximum absolute atomic E-state index is 10.8. The molecule has 0 amide bonds. The Morgan fingerprint density at radius 1 is 1.78 bits per heavy atom. The Hall–Kier alpha value is -0.990. The van der Waals surface area contributed by atoms with Crippen LogP contribution in [0.15, 0.2) is 17.2 Å². The van der Waals surface area contributed by atoms with Crippen LogP contribution >= 0.6 is 0 Å². The van der Waals surface area contributed by atoms with Gasteiger partial charge in [0.15, 0.2) is 0 Å². The van der Waals surface area contributed by atoms with Gasteiger partial charge in [0.25, 0.3) is 0 Å². The molecule has 0 fully saturated rings. The standard InChI is InChI=1S/C6H10N2O.H2/c1-5(2)8-4-3-7-6(8)9;/h3-5H,1-2H3,(H,7,9);1H. The average molecular weight is 128 g/mol. The number of nitrogens with zero attached hydrogens (tertiary/aromatic N) is 1. The van der Waals surface area contributed by atoms with E-state index in [4.69, 9.17) is 0 Å². The Kier molecular flexibility index (Phi) is 1.42. The molecule has 52 valence electrons. The van der Waals surface area contributed by atoms with Crippen LogP contribution in [0.4, 0.5) is 0 Å². The number of hydrogen-bond acceptors (Lipinski definition) is 1. The van der Waals surface area contributed by atoms with Gasteiger partial charge < -0.3 is 4.98 Å². The molecular weight excluding hydrogens is 116 g/mol. The third-order valence-corrected chi connectivity index (χ3v) is 1.23. The van der Waals surface area contributed by atoms with Gasteiger partial charge in [-0.25, -0.2) is 4.79 Å². The molecule has 0 unspecified atom stereocenters. The minimum Gasteiger partial charge on any atom is -0.313 e. The fourth-order valence-electron chi connectivity index (χ4n) is 0.738. The maximum Gasteiger partial charge on any atom is 0.325 e. The molecule has 0 aliphatic heterocycles. The molecule has 1 heterocycles. The summed E-state index contributed by atoms with van der Waals surface area (Å²) in [6, 6.07) is 0.253. The Morgan fingerprint density at radius 3 is 2.67 bits per heavy atom. The summed E-state index contributed by atoms with van der Waals surface area (Å²) in [6.07, 6.45) is 3.38. The molecule has 0 atom stereocenters. The van der Waals surface area contributed by atoms with Gasteiger partial charge in [-0.2, -0.15) is 0 Å².